The van der Waals surface area contributed by atoms with Crippen molar-refractivity contribution in [2.24, 2.45) is 0 Å². The Balaban J connectivity index is 1.82. The smallest absolute Gasteiger partial charge is 0.272 e. The van der Waals surface area contributed by atoms with Gasteiger partial charge in [0, 0.05) is 17.0 Å². The van der Waals surface area contributed by atoms with Crippen LogP contribution in [-0.2, 0) is 4.79 Å². The fourth-order valence-electron chi connectivity index (χ4n) is 2.12. The molecule has 0 aliphatic rings. The number of benzene rings is 1. The topological polar surface area (TPSA) is 87.3 Å². The first-order valence-electron chi connectivity index (χ1n) is 7.10. The third-order valence-electron chi connectivity index (χ3n) is 3.23. The van der Waals surface area contributed by atoms with Crippen LogP contribution in [0, 0.1) is 0 Å². The molecule has 0 aliphatic heterocycles. The number of amides is 3. The van der Waals surface area contributed by atoms with E-state index in [0.29, 0.717) is 14.9 Å². The van der Waals surface area contributed by atoms with E-state index in [0.717, 1.165) is 10.1 Å². The van der Waals surface area contributed by atoms with Gasteiger partial charge in [0.2, 0.25) is 5.91 Å². The van der Waals surface area contributed by atoms with Crippen LogP contribution in [0.15, 0.2) is 35.7 Å². The Hall–Kier alpha value is -2.42. The van der Waals surface area contributed by atoms with Gasteiger partial charge in [-0.05, 0) is 17.5 Å². The molecule has 0 radical (unpaired) electrons. The molecule has 2 heterocycles. The van der Waals surface area contributed by atoms with Crippen molar-refractivity contribution in [2.45, 2.75) is 6.92 Å². The van der Waals surface area contributed by atoms with Gasteiger partial charge in [-0.15, -0.1) is 22.7 Å². The summed E-state index contributed by atoms with van der Waals surface area (Å²) in [5, 5.41) is 5.96. The third kappa shape index (κ3) is 3.65. The molecule has 3 amide bonds. The Morgan fingerprint density at radius 1 is 1.04 bits per heavy atom. The molecule has 0 saturated carbocycles. The Labute approximate surface area is 155 Å². The molecule has 128 valence electrons. The Bertz CT molecular complexity index is 980. The maximum Gasteiger partial charge on any atom is 0.272 e. The number of carbonyl (C=O) groups is 3. The summed E-state index contributed by atoms with van der Waals surface area (Å²) in [7, 11) is 0. The molecule has 3 rings (SSSR count). The van der Waals surface area contributed by atoms with Crippen molar-refractivity contribution in [3.8, 4) is 0 Å². The van der Waals surface area contributed by atoms with Gasteiger partial charge in [0.15, 0.2) is 0 Å². The van der Waals surface area contributed by atoms with Gasteiger partial charge in [-0.1, -0.05) is 29.8 Å². The highest BCUT2D eigenvalue weighted by atomic mass is 35.5. The van der Waals surface area contributed by atoms with Gasteiger partial charge in [-0.2, -0.15) is 0 Å². The SMILES string of the molecule is CC(=O)NNC(=O)c1ccsc1NC(=O)c1sc2ccccc2c1Cl. The highest BCUT2D eigenvalue weighted by molar-refractivity contribution is 7.22. The first-order valence-corrected chi connectivity index (χ1v) is 9.17. The van der Waals surface area contributed by atoms with E-state index < -0.39 is 11.8 Å². The van der Waals surface area contributed by atoms with Crippen LogP contribution in [0.2, 0.25) is 5.02 Å². The molecule has 0 spiro atoms. The van der Waals surface area contributed by atoms with Crippen molar-refractivity contribution in [1.29, 1.82) is 0 Å². The maximum absolute atomic E-state index is 12.6. The molecule has 0 aliphatic carbocycles. The predicted molar refractivity (Wildman–Crippen MR) is 100 cm³/mol. The predicted octanol–water partition coefficient (Wildman–Crippen LogP) is 3.65. The zero-order chi connectivity index (χ0) is 18.0. The van der Waals surface area contributed by atoms with Crippen molar-refractivity contribution in [3.63, 3.8) is 0 Å². The van der Waals surface area contributed by atoms with E-state index in [1.54, 1.807) is 11.4 Å². The van der Waals surface area contributed by atoms with Crippen molar-refractivity contribution >= 4 is 67.1 Å². The van der Waals surface area contributed by atoms with E-state index in [4.69, 9.17) is 11.6 Å². The van der Waals surface area contributed by atoms with Crippen LogP contribution in [0.25, 0.3) is 10.1 Å². The van der Waals surface area contributed by atoms with Crippen LogP contribution in [0.3, 0.4) is 0 Å². The van der Waals surface area contributed by atoms with Crippen molar-refractivity contribution in [1.82, 2.24) is 10.9 Å². The van der Waals surface area contributed by atoms with Gasteiger partial charge >= 0.3 is 0 Å². The van der Waals surface area contributed by atoms with Crippen LogP contribution in [0.4, 0.5) is 5.00 Å². The van der Waals surface area contributed by atoms with E-state index in [1.165, 1.54) is 29.6 Å². The van der Waals surface area contributed by atoms with Crippen LogP contribution < -0.4 is 16.2 Å². The number of carbonyl (C=O) groups excluding carboxylic acids is 3. The molecule has 0 atom stereocenters. The minimum absolute atomic E-state index is 0.254. The molecule has 3 aromatic rings. The van der Waals surface area contributed by atoms with Gasteiger partial charge in [0.05, 0.1) is 10.6 Å². The quantitative estimate of drug-likeness (QED) is 0.593. The second-order valence-corrected chi connectivity index (χ2v) is 7.34. The lowest BCUT2D eigenvalue weighted by Gasteiger charge is -2.07. The number of rotatable bonds is 3. The van der Waals surface area contributed by atoms with E-state index in [2.05, 4.69) is 16.2 Å². The number of hydrogen-bond donors (Lipinski definition) is 3. The molecule has 1 aromatic carbocycles. The van der Waals surface area contributed by atoms with E-state index in [-0.39, 0.29) is 11.5 Å². The standard InChI is InChI=1S/C16H12ClN3O3S2/c1-8(21)19-20-14(22)10-6-7-24-16(10)18-15(23)13-12(17)9-4-2-3-5-11(9)25-13/h2-7H,1H3,(H,18,23)(H,19,21)(H,20,22). The molecule has 0 unspecified atom stereocenters. The number of thiophene rings is 2. The first kappa shape index (κ1) is 17.4. The van der Waals surface area contributed by atoms with Crippen molar-refractivity contribution < 1.29 is 14.4 Å². The zero-order valence-electron chi connectivity index (χ0n) is 12.9. The fourth-order valence-corrected chi connectivity index (χ4v) is 4.31. The molecule has 0 bridgehead atoms. The van der Waals surface area contributed by atoms with Gasteiger partial charge < -0.3 is 5.32 Å². The summed E-state index contributed by atoms with van der Waals surface area (Å²) in [6.07, 6.45) is 0. The molecule has 25 heavy (non-hydrogen) atoms. The Morgan fingerprint density at radius 3 is 2.52 bits per heavy atom. The van der Waals surface area contributed by atoms with E-state index in [1.807, 2.05) is 24.3 Å². The van der Waals surface area contributed by atoms with Crippen LogP contribution in [0.1, 0.15) is 27.0 Å². The van der Waals surface area contributed by atoms with Crippen LogP contribution >= 0.6 is 34.3 Å². The average Bonchev–Trinajstić information content (AvgIpc) is 3.18. The lowest BCUT2D eigenvalue weighted by molar-refractivity contribution is -0.119. The molecule has 9 heteroatoms. The highest BCUT2D eigenvalue weighted by Gasteiger charge is 2.20. The molecule has 3 N–H and O–H groups in total. The summed E-state index contributed by atoms with van der Waals surface area (Å²) in [6, 6.07) is 9.03. The second-order valence-electron chi connectivity index (χ2n) is 4.99. The number of hydrazine groups is 1. The van der Waals surface area contributed by atoms with Gasteiger partial charge in [-0.3, -0.25) is 25.2 Å². The molecule has 6 nitrogen and oxygen atoms in total. The largest absolute Gasteiger partial charge is 0.312 e. The Kier molecular flexibility index (Phi) is 5.03. The number of nitrogens with one attached hydrogen (secondary N) is 3. The Morgan fingerprint density at radius 2 is 1.80 bits per heavy atom. The monoisotopic (exact) mass is 393 g/mol. The van der Waals surface area contributed by atoms with Gasteiger partial charge in [0.1, 0.15) is 9.88 Å². The summed E-state index contributed by atoms with van der Waals surface area (Å²) in [5.41, 5.74) is 4.73. The minimum Gasteiger partial charge on any atom is -0.312 e. The summed E-state index contributed by atoms with van der Waals surface area (Å²) in [4.78, 5) is 35.9. The fraction of sp³-hybridized carbons (Fsp3) is 0.0625. The summed E-state index contributed by atoms with van der Waals surface area (Å²) in [5.74, 6) is -1.30. The normalized spacial score (nSPS) is 10.5. The minimum atomic E-state index is -0.519. The first-order chi connectivity index (χ1) is 12.0. The molecule has 0 fully saturated rings. The second kappa shape index (κ2) is 7.22. The number of halogens is 1. The van der Waals surface area contributed by atoms with E-state index in [9.17, 15) is 14.4 Å². The summed E-state index contributed by atoms with van der Waals surface area (Å²) in [6.45, 7) is 1.28. The lowest BCUT2D eigenvalue weighted by Crippen LogP contribution is -2.40. The van der Waals surface area contributed by atoms with Crippen LogP contribution in [-0.4, -0.2) is 17.7 Å². The maximum atomic E-state index is 12.6. The number of fused-ring (bicyclic) bond motifs is 1. The summed E-state index contributed by atoms with van der Waals surface area (Å²) < 4.78 is 0.910. The molecule has 0 saturated heterocycles. The van der Waals surface area contributed by atoms with Crippen LogP contribution in [0.5, 0.6) is 0 Å². The average molecular weight is 394 g/mol. The molecular weight excluding hydrogens is 382 g/mol. The number of anilines is 1. The molecule has 2 aromatic heterocycles. The van der Waals surface area contributed by atoms with Crippen molar-refractivity contribution in [2.75, 3.05) is 5.32 Å². The summed E-state index contributed by atoms with van der Waals surface area (Å²) >= 11 is 8.79. The third-order valence-corrected chi connectivity index (χ3v) is 5.73. The highest BCUT2D eigenvalue weighted by Crippen LogP contribution is 2.36. The lowest BCUT2D eigenvalue weighted by atomic mass is 10.2. The number of hydrogen-bond acceptors (Lipinski definition) is 5. The molecular formula is C16H12ClN3O3S2. The van der Waals surface area contributed by atoms with Gasteiger partial charge in [-0.25, -0.2) is 0 Å². The van der Waals surface area contributed by atoms with Crippen molar-refractivity contribution in [3.05, 3.63) is 51.2 Å². The van der Waals surface area contributed by atoms with E-state index >= 15 is 0 Å². The van der Waals surface area contributed by atoms with Gasteiger partial charge in [0.25, 0.3) is 11.8 Å². The zero-order valence-corrected chi connectivity index (χ0v) is 15.3.